The number of aromatic hydroxyl groups is 1. The molecule has 13 nitrogen and oxygen atoms in total. The average Bonchev–Trinajstić information content (AvgIpc) is 4.08. The number of fused-ring (bicyclic) bond motifs is 2. The second-order valence-corrected chi connectivity index (χ2v) is 16.1. The Balaban J connectivity index is 0.937. The zero-order valence-electron chi connectivity index (χ0n) is 32.8. The minimum Gasteiger partial charge on any atom is -0.493 e. The van der Waals surface area contributed by atoms with Crippen LogP contribution in [0.2, 0.25) is 0 Å². The third-order valence-electron chi connectivity index (χ3n) is 12.3. The summed E-state index contributed by atoms with van der Waals surface area (Å²) in [6, 6.07) is 17.5. The number of ether oxygens (including phenoxy) is 1. The Labute approximate surface area is 332 Å². The van der Waals surface area contributed by atoms with Crippen LogP contribution < -0.4 is 10.6 Å². The van der Waals surface area contributed by atoms with E-state index in [1.807, 2.05) is 31.1 Å². The number of carbonyl (C=O) groups excluding carboxylic acids is 3. The Kier molecular flexibility index (Phi) is 10.6. The Morgan fingerprint density at radius 3 is 2.39 bits per heavy atom. The topological polar surface area (TPSA) is 178 Å². The van der Waals surface area contributed by atoms with Gasteiger partial charge in [0.05, 0.1) is 42.9 Å². The number of alkyl carbamates (subject to hydrolysis) is 1. The van der Waals surface area contributed by atoms with Crippen LogP contribution in [0.1, 0.15) is 80.7 Å². The maximum atomic E-state index is 13.6. The number of rotatable bonds is 11. The number of likely N-dealkylation sites (tertiary alicyclic amines) is 1. The molecular formula is C44H50N8O5. The van der Waals surface area contributed by atoms with Crippen LogP contribution in [0.25, 0.3) is 33.6 Å². The van der Waals surface area contributed by atoms with E-state index in [4.69, 9.17) is 14.7 Å². The molecule has 5 aromatic rings. The summed E-state index contributed by atoms with van der Waals surface area (Å²) in [4.78, 5) is 61.5. The lowest BCUT2D eigenvalue weighted by molar-refractivity contribution is -0.135. The summed E-state index contributed by atoms with van der Waals surface area (Å²) >= 11 is 0. The number of nitrogens with zero attached hydrogens (tertiary/aromatic N) is 4. The number of H-pyrrole nitrogens is 2. The minimum absolute atomic E-state index is 0.00520. The van der Waals surface area contributed by atoms with Crippen LogP contribution in [0.5, 0.6) is 5.88 Å². The molecule has 0 radical (unpaired) electrons. The van der Waals surface area contributed by atoms with Gasteiger partial charge in [0.2, 0.25) is 17.7 Å². The number of aromatic nitrogens is 5. The van der Waals surface area contributed by atoms with Crippen molar-refractivity contribution in [2.24, 2.45) is 23.7 Å². The highest BCUT2D eigenvalue weighted by molar-refractivity contribution is 5.86. The molecule has 5 N–H and O–H groups in total. The lowest BCUT2D eigenvalue weighted by atomic mass is 9.78. The quantitative estimate of drug-likeness (QED) is 0.0950. The monoisotopic (exact) mass is 770 g/mol. The van der Waals surface area contributed by atoms with E-state index in [2.05, 4.69) is 75.0 Å². The van der Waals surface area contributed by atoms with E-state index in [1.165, 1.54) is 13.3 Å². The Bertz CT molecular complexity index is 2260. The molecule has 296 valence electrons. The first-order chi connectivity index (χ1) is 27.6. The molecule has 1 saturated heterocycles. The minimum atomic E-state index is -0.685. The first kappa shape index (κ1) is 37.9. The van der Waals surface area contributed by atoms with Crippen molar-refractivity contribution in [2.45, 2.75) is 77.4 Å². The lowest BCUT2D eigenvalue weighted by Crippen LogP contribution is -2.51. The predicted octanol–water partition coefficient (Wildman–Crippen LogP) is 7.03. The van der Waals surface area contributed by atoms with Gasteiger partial charge in [0, 0.05) is 36.3 Å². The standard InChI is InChI=1S/C44H50N8O5/c1-24(2)38(51-44(56)57-4)43(55)52-18-6-8-35(52)39-46-23-34(50-39)32-16-15-28(19-25(32)3)26-9-11-27(12-10-26)33-22-47-40(49-33)36-29-13-14-30(20-29)37(36)42(54)48-21-31-7-5-17-45-41(31)53/h5,7,9-12,15-17,19,22-24,29-30,35-38H,6,8,13-14,18,20-21H2,1-4H3,(H,45,53)(H,46,50)(H,47,49)(H,48,54)(H,51,56)/t29?,30?,35-,36?,37-,38-/m0/s1. The summed E-state index contributed by atoms with van der Waals surface area (Å²) in [6.45, 7) is 6.74. The summed E-state index contributed by atoms with van der Waals surface area (Å²) < 4.78 is 4.77. The number of imidazole rings is 2. The van der Waals surface area contributed by atoms with Crippen molar-refractivity contribution in [3.63, 3.8) is 0 Å². The highest BCUT2D eigenvalue weighted by Gasteiger charge is 2.52. The van der Waals surface area contributed by atoms with Crippen molar-refractivity contribution in [3.8, 4) is 39.5 Å². The Hall–Kier alpha value is -5.98. The van der Waals surface area contributed by atoms with Gasteiger partial charge < -0.3 is 35.3 Å². The molecule has 2 aromatic carbocycles. The molecule has 3 amide bonds. The molecule has 0 spiro atoms. The molecular weight excluding hydrogens is 721 g/mol. The van der Waals surface area contributed by atoms with Crippen LogP contribution >= 0.6 is 0 Å². The fraction of sp³-hybridized carbons (Fsp3) is 0.409. The van der Waals surface area contributed by atoms with Gasteiger partial charge in [0.1, 0.15) is 17.7 Å². The number of methoxy groups -OCH3 is 1. The number of hydrogen-bond acceptors (Lipinski definition) is 8. The molecule has 8 rings (SSSR count). The fourth-order valence-corrected chi connectivity index (χ4v) is 9.41. The van der Waals surface area contributed by atoms with E-state index in [9.17, 15) is 19.5 Å². The maximum absolute atomic E-state index is 13.6. The molecule has 57 heavy (non-hydrogen) atoms. The van der Waals surface area contributed by atoms with Gasteiger partial charge in [-0.3, -0.25) is 9.59 Å². The lowest BCUT2D eigenvalue weighted by Gasteiger charge is -2.30. The number of aromatic amines is 2. The summed E-state index contributed by atoms with van der Waals surface area (Å²) in [5.74, 6) is 1.92. The summed E-state index contributed by atoms with van der Waals surface area (Å²) in [5.41, 5.74) is 7.72. The number of pyridine rings is 1. The van der Waals surface area contributed by atoms with E-state index in [0.29, 0.717) is 23.9 Å². The van der Waals surface area contributed by atoms with Crippen molar-refractivity contribution in [2.75, 3.05) is 13.7 Å². The van der Waals surface area contributed by atoms with Crippen LogP contribution in [0, 0.1) is 30.6 Å². The number of amides is 3. The Morgan fingerprint density at radius 1 is 0.912 bits per heavy atom. The van der Waals surface area contributed by atoms with Crippen molar-refractivity contribution < 1.29 is 24.2 Å². The number of hydrogen-bond donors (Lipinski definition) is 5. The van der Waals surface area contributed by atoms with Crippen molar-refractivity contribution in [1.82, 2.24) is 40.5 Å². The van der Waals surface area contributed by atoms with Crippen LogP contribution in [0.15, 0.2) is 73.2 Å². The van der Waals surface area contributed by atoms with E-state index in [0.717, 1.165) is 83.0 Å². The fourth-order valence-electron chi connectivity index (χ4n) is 9.41. The van der Waals surface area contributed by atoms with E-state index < -0.39 is 12.1 Å². The van der Waals surface area contributed by atoms with Gasteiger partial charge in [-0.05, 0) is 85.1 Å². The molecule has 2 saturated carbocycles. The zero-order chi connectivity index (χ0) is 39.8. The molecule has 6 atom stereocenters. The van der Waals surface area contributed by atoms with Gasteiger partial charge >= 0.3 is 6.09 Å². The molecule has 4 heterocycles. The van der Waals surface area contributed by atoms with Crippen LogP contribution in [-0.4, -0.2) is 72.5 Å². The normalized spacial score (nSPS) is 21.8. The van der Waals surface area contributed by atoms with Gasteiger partial charge in [0.15, 0.2) is 0 Å². The van der Waals surface area contributed by atoms with E-state index in [-0.39, 0.29) is 48.0 Å². The number of nitrogens with one attached hydrogen (secondary N) is 4. The van der Waals surface area contributed by atoms with Gasteiger partial charge in [0.25, 0.3) is 0 Å². The van der Waals surface area contributed by atoms with Crippen LogP contribution in [0.3, 0.4) is 0 Å². The van der Waals surface area contributed by atoms with Gasteiger partial charge in [-0.25, -0.2) is 19.7 Å². The average molecular weight is 771 g/mol. The molecule has 3 aromatic heterocycles. The summed E-state index contributed by atoms with van der Waals surface area (Å²) in [5, 5.41) is 15.8. The highest BCUT2D eigenvalue weighted by atomic mass is 16.5. The van der Waals surface area contributed by atoms with Gasteiger partial charge in [-0.2, -0.15) is 0 Å². The predicted molar refractivity (Wildman–Crippen MR) is 214 cm³/mol. The molecule has 13 heteroatoms. The first-order valence-electron chi connectivity index (χ1n) is 20.0. The van der Waals surface area contributed by atoms with Crippen LogP contribution in [0.4, 0.5) is 4.79 Å². The van der Waals surface area contributed by atoms with E-state index in [1.54, 1.807) is 12.1 Å². The molecule has 3 fully saturated rings. The SMILES string of the molecule is COC(=O)N[C@H](C(=O)N1CCC[C@H]1c1ncc(-c2ccc(-c3ccc(-c4cnc(C5C6CCC(C6)[C@@H]5C(=O)NCc5cccnc5O)[nH]4)cc3)cc2C)[nH]1)C(C)C. The maximum Gasteiger partial charge on any atom is 0.407 e. The van der Waals surface area contributed by atoms with Crippen LogP contribution in [-0.2, 0) is 20.9 Å². The first-order valence-corrected chi connectivity index (χ1v) is 20.0. The molecule has 2 bridgehead atoms. The highest BCUT2D eigenvalue weighted by Crippen LogP contribution is 2.56. The number of aryl methyl sites for hydroxylation is 1. The van der Waals surface area contributed by atoms with Crippen molar-refractivity contribution in [1.29, 1.82) is 0 Å². The van der Waals surface area contributed by atoms with Gasteiger partial charge in [-0.1, -0.05) is 62.4 Å². The Morgan fingerprint density at radius 2 is 1.63 bits per heavy atom. The third-order valence-corrected chi connectivity index (χ3v) is 12.3. The van der Waals surface area contributed by atoms with Gasteiger partial charge in [-0.15, -0.1) is 0 Å². The second kappa shape index (κ2) is 15.9. The molecule has 3 aliphatic rings. The second-order valence-electron chi connectivity index (χ2n) is 16.1. The number of carbonyl (C=O) groups is 3. The molecule has 2 aliphatic carbocycles. The number of benzene rings is 2. The third kappa shape index (κ3) is 7.50. The zero-order valence-corrected chi connectivity index (χ0v) is 32.8. The van der Waals surface area contributed by atoms with Crippen molar-refractivity contribution >= 4 is 17.9 Å². The largest absolute Gasteiger partial charge is 0.493 e. The molecule has 1 aliphatic heterocycles. The summed E-state index contributed by atoms with van der Waals surface area (Å²) in [6.07, 6.45) is 9.44. The van der Waals surface area contributed by atoms with Crippen molar-refractivity contribution in [3.05, 3.63) is 96.0 Å². The molecule has 3 unspecified atom stereocenters. The van der Waals surface area contributed by atoms with E-state index >= 15 is 0 Å². The smallest absolute Gasteiger partial charge is 0.407 e. The summed E-state index contributed by atoms with van der Waals surface area (Å²) in [7, 11) is 1.29.